The molecule has 0 spiro atoms. The van der Waals surface area contributed by atoms with Gasteiger partial charge in [-0.3, -0.25) is 4.79 Å². The van der Waals surface area contributed by atoms with Crippen LogP contribution in [0.5, 0.6) is 0 Å². The standard InChI is InChI=1S/C12H22N2O3S/c1-18-6-4-10(12(16)17)14-11(15)7-9-3-2-5-13-8-9/h9-10,13H,2-8H2,1H3,(H,14,15)(H,16,17)/t9?,10-/m0/s1. The van der Waals surface area contributed by atoms with Crippen molar-refractivity contribution >= 4 is 23.6 Å². The van der Waals surface area contributed by atoms with E-state index in [0.29, 0.717) is 18.8 Å². The topological polar surface area (TPSA) is 78.4 Å². The Hall–Kier alpha value is -0.750. The van der Waals surface area contributed by atoms with Gasteiger partial charge in [-0.15, -0.1) is 0 Å². The van der Waals surface area contributed by atoms with Gasteiger partial charge in [0, 0.05) is 6.42 Å². The zero-order valence-corrected chi connectivity index (χ0v) is 11.6. The minimum absolute atomic E-state index is 0.141. The van der Waals surface area contributed by atoms with Crippen molar-refractivity contribution in [2.45, 2.75) is 31.7 Å². The third kappa shape index (κ3) is 5.73. The predicted molar refractivity (Wildman–Crippen MR) is 72.8 cm³/mol. The molecule has 5 nitrogen and oxygen atoms in total. The van der Waals surface area contributed by atoms with E-state index in [1.807, 2.05) is 6.26 Å². The van der Waals surface area contributed by atoms with Gasteiger partial charge in [-0.25, -0.2) is 4.79 Å². The Morgan fingerprint density at radius 3 is 2.89 bits per heavy atom. The highest BCUT2D eigenvalue weighted by molar-refractivity contribution is 7.98. The van der Waals surface area contributed by atoms with Crippen LogP contribution in [0.1, 0.15) is 25.7 Å². The summed E-state index contributed by atoms with van der Waals surface area (Å²) in [5.41, 5.74) is 0. The molecule has 1 rings (SSSR count). The van der Waals surface area contributed by atoms with Crippen LogP contribution in [0.2, 0.25) is 0 Å². The van der Waals surface area contributed by atoms with Gasteiger partial charge in [0.2, 0.25) is 5.91 Å². The number of carbonyl (C=O) groups excluding carboxylic acids is 1. The maximum atomic E-state index is 11.8. The summed E-state index contributed by atoms with van der Waals surface area (Å²) >= 11 is 1.59. The molecule has 104 valence electrons. The molecule has 0 aromatic heterocycles. The average molecular weight is 274 g/mol. The van der Waals surface area contributed by atoms with Crippen LogP contribution >= 0.6 is 11.8 Å². The molecule has 0 saturated carbocycles. The number of piperidine rings is 1. The van der Waals surface area contributed by atoms with E-state index in [-0.39, 0.29) is 5.91 Å². The Labute approximate surface area is 112 Å². The summed E-state index contributed by atoms with van der Waals surface area (Å²) in [4.78, 5) is 22.8. The lowest BCUT2D eigenvalue weighted by Gasteiger charge is -2.23. The molecule has 1 heterocycles. The first kappa shape index (κ1) is 15.3. The average Bonchev–Trinajstić information content (AvgIpc) is 2.35. The number of thioether (sulfide) groups is 1. The quantitative estimate of drug-likeness (QED) is 0.637. The summed E-state index contributed by atoms with van der Waals surface area (Å²) in [7, 11) is 0. The van der Waals surface area contributed by atoms with Crippen LogP contribution in [-0.4, -0.2) is 48.1 Å². The third-order valence-electron chi connectivity index (χ3n) is 3.12. The zero-order valence-electron chi connectivity index (χ0n) is 10.8. The molecule has 1 aliphatic rings. The highest BCUT2D eigenvalue weighted by atomic mass is 32.2. The van der Waals surface area contributed by atoms with Crippen LogP contribution < -0.4 is 10.6 Å². The molecule has 6 heteroatoms. The Morgan fingerprint density at radius 1 is 1.56 bits per heavy atom. The minimum atomic E-state index is -0.945. The summed E-state index contributed by atoms with van der Waals surface area (Å²) in [6.07, 6.45) is 4.96. The Balaban J connectivity index is 2.32. The van der Waals surface area contributed by atoms with E-state index in [2.05, 4.69) is 10.6 Å². The number of hydrogen-bond acceptors (Lipinski definition) is 4. The van der Waals surface area contributed by atoms with E-state index in [1.165, 1.54) is 0 Å². The molecule has 0 aliphatic carbocycles. The van der Waals surface area contributed by atoms with Gasteiger partial charge in [-0.1, -0.05) is 0 Å². The summed E-state index contributed by atoms with van der Waals surface area (Å²) < 4.78 is 0. The molecule has 1 fully saturated rings. The fourth-order valence-corrected chi connectivity index (χ4v) is 2.58. The lowest BCUT2D eigenvalue weighted by atomic mass is 9.96. The van der Waals surface area contributed by atoms with Crippen molar-refractivity contribution in [2.24, 2.45) is 5.92 Å². The van der Waals surface area contributed by atoms with Crippen molar-refractivity contribution in [2.75, 3.05) is 25.1 Å². The first-order chi connectivity index (χ1) is 8.63. The molecule has 1 unspecified atom stereocenters. The van der Waals surface area contributed by atoms with E-state index in [4.69, 9.17) is 5.11 Å². The summed E-state index contributed by atoms with van der Waals surface area (Å²) in [5, 5.41) is 14.9. The maximum absolute atomic E-state index is 11.8. The van der Waals surface area contributed by atoms with Crippen molar-refractivity contribution in [3.63, 3.8) is 0 Å². The number of rotatable bonds is 7. The molecule has 2 atom stereocenters. The smallest absolute Gasteiger partial charge is 0.326 e. The van der Waals surface area contributed by atoms with E-state index >= 15 is 0 Å². The molecule has 1 amide bonds. The molecule has 18 heavy (non-hydrogen) atoms. The predicted octanol–water partition coefficient (Wildman–Crippen LogP) is 0.699. The molecule has 3 N–H and O–H groups in total. The minimum Gasteiger partial charge on any atom is -0.480 e. The molecule has 0 radical (unpaired) electrons. The normalized spacial score (nSPS) is 21.3. The van der Waals surface area contributed by atoms with Gasteiger partial charge >= 0.3 is 5.97 Å². The second-order valence-corrected chi connectivity index (χ2v) is 5.64. The zero-order chi connectivity index (χ0) is 13.4. The SMILES string of the molecule is CSCC[C@H](NC(=O)CC1CCCNC1)C(=O)O. The molecule has 0 aromatic rings. The van der Waals surface area contributed by atoms with Gasteiger partial charge in [0.1, 0.15) is 6.04 Å². The molecular weight excluding hydrogens is 252 g/mol. The van der Waals surface area contributed by atoms with Crippen LogP contribution in [0.25, 0.3) is 0 Å². The molecular formula is C12H22N2O3S. The molecule has 1 saturated heterocycles. The highest BCUT2D eigenvalue weighted by Crippen LogP contribution is 2.14. The monoisotopic (exact) mass is 274 g/mol. The van der Waals surface area contributed by atoms with Crippen LogP contribution in [0.15, 0.2) is 0 Å². The molecule has 0 aromatic carbocycles. The van der Waals surface area contributed by atoms with Gasteiger partial charge in [-0.05, 0) is 50.3 Å². The Bertz CT molecular complexity index is 280. The maximum Gasteiger partial charge on any atom is 0.326 e. The van der Waals surface area contributed by atoms with Crippen molar-refractivity contribution in [3.05, 3.63) is 0 Å². The fourth-order valence-electron chi connectivity index (χ4n) is 2.11. The Morgan fingerprint density at radius 2 is 2.33 bits per heavy atom. The van der Waals surface area contributed by atoms with Gasteiger partial charge in [0.05, 0.1) is 0 Å². The number of nitrogens with one attached hydrogen (secondary N) is 2. The summed E-state index contributed by atoms with van der Waals surface area (Å²) in [5.74, 6) is -0.00694. The van der Waals surface area contributed by atoms with E-state index in [1.54, 1.807) is 11.8 Å². The van der Waals surface area contributed by atoms with Gasteiger partial charge in [0.25, 0.3) is 0 Å². The van der Waals surface area contributed by atoms with E-state index in [9.17, 15) is 9.59 Å². The van der Waals surface area contributed by atoms with E-state index in [0.717, 1.165) is 31.7 Å². The van der Waals surface area contributed by atoms with E-state index < -0.39 is 12.0 Å². The lowest BCUT2D eigenvalue weighted by Crippen LogP contribution is -2.43. The van der Waals surface area contributed by atoms with Crippen molar-refractivity contribution in [1.82, 2.24) is 10.6 Å². The summed E-state index contributed by atoms with van der Waals surface area (Å²) in [6.45, 7) is 1.87. The number of amides is 1. The third-order valence-corrected chi connectivity index (χ3v) is 3.76. The van der Waals surface area contributed by atoms with Crippen molar-refractivity contribution < 1.29 is 14.7 Å². The van der Waals surface area contributed by atoms with Gasteiger partial charge in [-0.2, -0.15) is 11.8 Å². The molecule has 0 bridgehead atoms. The van der Waals surface area contributed by atoms with Crippen LogP contribution in [0.4, 0.5) is 0 Å². The second kappa shape index (κ2) is 8.37. The van der Waals surface area contributed by atoms with Crippen LogP contribution in [0.3, 0.4) is 0 Å². The first-order valence-corrected chi connectivity index (χ1v) is 7.74. The summed E-state index contributed by atoms with van der Waals surface area (Å²) in [6, 6.07) is -0.749. The van der Waals surface area contributed by atoms with Crippen molar-refractivity contribution in [3.8, 4) is 0 Å². The largest absolute Gasteiger partial charge is 0.480 e. The number of hydrogen-bond donors (Lipinski definition) is 3. The molecule has 1 aliphatic heterocycles. The second-order valence-electron chi connectivity index (χ2n) is 4.66. The Kier molecular flexibility index (Phi) is 7.12. The fraction of sp³-hybridized carbons (Fsp3) is 0.833. The van der Waals surface area contributed by atoms with Crippen molar-refractivity contribution in [1.29, 1.82) is 0 Å². The highest BCUT2D eigenvalue weighted by Gasteiger charge is 2.22. The van der Waals surface area contributed by atoms with Gasteiger partial charge in [0.15, 0.2) is 0 Å². The number of carbonyl (C=O) groups is 2. The van der Waals surface area contributed by atoms with Crippen LogP contribution in [-0.2, 0) is 9.59 Å². The lowest BCUT2D eigenvalue weighted by molar-refractivity contribution is -0.142. The number of aliphatic carboxylic acids is 1. The van der Waals surface area contributed by atoms with Crippen LogP contribution in [0, 0.1) is 5.92 Å². The first-order valence-electron chi connectivity index (χ1n) is 6.35. The van der Waals surface area contributed by atoms with Gasteiger partial charge < -0.3 is 15.7 Å². The number of carboxylic acids is 1. The number of carboxylic acid groups (broad SMARTS) is 1.